The summed E-state index contributed by atoms with van der Waals surface area (Å²) in [6.45, 7) is 6.51. The number of benzene rings is 1. The van der Waals surface area contributed by atoms with E-state index >= 15 is 0 Å². The molecule has 0 saturated carbocycles. The maximum absolute atomic E-state index is 12.8. The van der Waals surface area contributed by atoms with Crippen molar-refractivity contribution in [3.63, 3.8) is 0 Å². The lowest BCUT2D eigenvalue weighted by Crippen LogP contribution is -2.53. The van der Waals surface area contributed by atoms with E-state index < -0.39 is 0 Å². The van der Waals surface area contributed by atoms with Crippen LogP contribution in [0.25, 0.3) is 10.9 Å². The predicted octanol–water partition coefficient (Wildman–Crippen LogP) is 2.65. The van der Waals surface area contributed by atoms with E-state index in [1.807, 2.05) is 29.3 Å². The summed E-state index contributed by atoms with van der Waals surface area (Å²) in [5.74, 6) is 0.429. The molecule has 2 fully saturated rings. The quantitative estimate of drug-likeness (QED) is 0.845. The molecular formula is C23H32N4O2. The van der Waals surface area contributed by atoms with Crippen LogP contribution in [0.3, 0.4) is 0 Å². The molecule has 1 unspecified atom stereocenters. The zero-order valence-corrected chi connectivity index (χ0v) is 17.4. The number of aromatic nitrogens is 1. The van der Waals surface area contributed by atoms with Gasteiger partial charge >= 0.3 is 0 Å². The second-order valence-corrected chi connectivity index (χ2v) is 8.34. The summed E-state index contributed by atoms with van der Waals surface area (Å²) in [5.41, 5.74) is 2.13. The Bertz CT molecular complexity index is 853. The molecule has 6 nitrogen and oxygen atoms in total. The van der Waals surface area contributed by atoms with E-state index in [2.05, 4.69) is 27.8 Å². The van der Waals surface area contributed by atoms with E-state index in [4.69, 9.17) is 0 Å². The number of hydrogen-bond donors (Lipinski definition) is 1. The van der Waals surface area contributed by atoms with Gasteiger partial charge in [-0.2, -0.15) is 0 Å². The van der Waals surface area contributed by atoms with E-state index in [-0.39, 0.29) is 11.8 Å². The summed E-state index contributed by atoms with van der Waals surface area (Å²) in [5, 5.41) is 1.12. The number of rotatable bonds is 5. The van der Waals surface area contributed by atoms with Gasteiger partial charge in [0.05, 0.1) is 13.0 Å². The van der Waals surface area contributed by atoms with Gasteiger partial charge in [-0.25, -0.2) is 0 Å². The molecule has 6 heteroatoms. The number of para-hydroxylation sites is 1. The molecule has 0 bridgehead atoms. The van der Waals surface area contributed by atoms with Crippen LogP contribution >= 0.6 is 0 Å². The highest BCUT2D eigenvalue weighted by Crippen LogP contribution is 2.21. The predicted molar refractivity (Wildman–Crippen MR) is 115 cm³/mol. The number of fused-ring (bicyclic) bond motifs is 1. The molecule has 0 spiro atoms. The van der Waals surface area contributed by atoms with Crippen molar-refractivity contribution >= 4 is 22.7 Å². The van der Waals surface area contributed by atoms with Crippen LogP contribution in [0.1, 0.15) is 38.2 Å². The van der Waals surface area contributed by atoms with E-state index in [1.54, 1.807) is 0 Å². The number of aromatic amines is 1. The van der Waals surface area contributed by atoms with Crippen molar-refractivity contribution in [2.24, 2.45) is 0 Å². The van der Waals surface area contributed by atoms with Gasteiger partial charge in [0.15, 0.2) is 0 Å². The average molecular weight is 397 g/mol. The minimum Gasteiger partial charge on any atom is -0.361 e. The standard InChI is InChI=1S/C23H32N4O2/c1-2-19-7-5-6-10-27(19)23(29)17-25-11-13-26(14-12-25)22(28)15-18-16-24-21-9-4-3-8-20(18)21/h3-4,8-9,16,19,24H,2,5-7,10-15,17H2,1H3. The summed E-state index contributed by atoms with van der Waals surface area (Å²) in [7, 11) is 0. The summed E-state index contributed by atoms with van der Waals surface area (Å²) in [4.78, 5) is 35.1. The van der Waals surface area contributed by atoms with Crippen LogP contribution in [0.15, 0.2) is 30.5 Å². The van der Waals surface area contributed by atoms with Crippen molar-refractivity contribution in [2.75, 3.05) is 39.3 Å². The van der Waals surface area contributed by atoms with Crippen LogP contribution in [0, 0.1) is 0 Å². The number of nitrogens with one attached hydrogen (secondary N) is 1. The van der Waals surface area contributed by atoms with Crippen LogP contribution in [-0.4, -0.2) is 76.8 Å². The first kappa shape index (κ1) is 20.0. The molecule has 156 valence electrons. The van der Waals surface area contributed by atoms with Crippen molar-refractivity contribution in [1.82, 2.24) is 19.7 Å². The van der Waals surface area contributed by atoms with Crippen LogP contribution in [0.5, 0.6) is 0 Å². The summed E-state index contributed by atoms with van der Waals surface area (Å²) in [6, 6.07) is 8.51. The molecule has 2 aliphatic rings. The molecule has 29 heavy (non-hydrogen) atoms. The average Bonchev–Trinajstić information content (AvgIpc) is 3.17. The summed E-state index contributed by atoms with van der Waals surface area (Å²) < 4.78 is 0. The fraction of sp³-hybridized carbons (Fsp3) is 0.565. The zero-order chi connectivity index (χ0) is 20.2. The van der Waals surface area contributed by atoms with E-state index in [0.717, 1.165) is 55.4 Å². The fourth-order valence-corrected chi connectivity index (χ4v) is 4.74. The van der Waals surface area contributed by atoms with Crippen molar-refractivity contribution in [3.8, 4) is 0 Å². The van der Waals surface area contributed by atoms with Gasteiger partial charge in [0.1, 0.15) is 0 Å². The summed E-state index contributed by atoms with van der Waals surface area (Å²) in [6.07, 6.45) is 6.91. The lowest BCUT2D eigenvalue weighted by Gasteiger charge is -2.39. The van der Waals surface area contributed by atoms with Crippen LogP contribution in [-0.2, 0) is 16.0 Å². The van der Waals surface area contributed by atoms with Gasteiger partial charge in [-0.1, -0.05) is 25.1 Å². The normalized spacial score (nSPS) is 20.9. The van der Waals surface area contributed by atoms with Crippen LogP contribution in [0.2, 0.25) is 0 Å². The van der Waals surface area contributed by atoms with Gasteiger partial charge in [0.25, 0.3) is 0 Å². The summed E-state index contributed by atoms with van der Waals surface area (Å²) >= 11 is 0. The van der Waals surface area contributed by atoms with E-state index in [9.17, 15) is 9.59 Å². The molecular weight excluding hydrogens is 364 g/mol. The van der Waals surface area contributed by atoms with Gasteiger partial charge in [0.2, 0.25) is 11.8 Å². The fourth-order valence-electron chi connectivity index (χ4n) is 4.74. The van der Waals surface area contributed by atoms with Gasteiger partial charge in [0, 0.05) is 55.9 Å². The maximum Gasteiger partial charge on any atom is 0.236 e. The highest BCUT2D eigenvalue weighted by atomic mass is 16.2. The van der Waals surface area contributed by atoms with Crippen molar-refractivity contribution in [2.45, 2.75) is 45.1 Å². The smallest absolute Gasteiger partial charge is 0.236 e. The third kappa shape index (κ3) is 4.47. The molecule has 2 aliphatic heterocycles. The monoisotopic (exact) mass is 396 g/mol. The third-order valence-corrected chi connectivity index (χ3v) is 6.52. The Labute approximate surface area is 172 Å². The molecule has 0 radical (unpaired) electrons. The molecule has 4 rings (SSSR count). The Morgan fingerprint density at radius 2 is 1.83 bits per heavy atom. The van der Waals surface area contributed by atoms with Crippen molar-refractivity contribution in [1.29, 1.82) is 0 Å². The molecule has 1 aromatic heterocycles. The minimum absolute atomic E-state index is 0.169. The molecule has 0 aliphatic carbocycles. The third-order valence-electron chi connectivity index (χ3n) is 6.52. The van der Waals surface area contributed by atoms with Gasteiger partial charge < -0.3 is 14.8 Å². The number of piperidine rings is 1. The number of piperazine rings is 1. The molecule has 2 amide bonds. The number of amides is 2. The molecule has 1 aromatic carbocycles. The number of hydrogen-bond acceptors (Lipinski definition) is 3. The largest absolute Gasteiger partial charge is 0.361 e. The van der Waals surface area contributed by atoms with Gasteiger partial charge in [-0.3, -0.25) is 14.5 Å². The lowest BCUT2D eigenvalue weighted by molar-refractivity contribution is -0.137. The first-order valence-electron chi connectivity index (χ1n) is 11.0. The van der Waals surface area contributed by atoms with E-state index in [1.165, 1.54) is 6.42 Å². The zero-order valence-electron chi connectivity index (χ0n) is 17.4. The number of nitrogens with zero attached hydrogens (tertiary/aromatic N) is 3. The van der Waals surface area contributed by atoms with E-state index in [0.29, 0.717) is 32.1 Å². The number of carbonyl (C=O) groups is 2. The number of carbonyl (C=O) groups excluding carboxylic acids is 2. The topological polar surface area (TPSA) is 59.7 Å². The Morgan fingerprint density at radius 3 is 2.62 bits per heavy atom. The van der Waals surface area contributed by atoms with Gasteiger partial charge in [-0.15, -0.1) is 0 Å². The van der Waals surface area contributed by atoms with Gasteiger partial charge in [-0.05, 0) is 37.3 Å². The minimum atomic E-state index is 0.169. The molecule has 1 N–H and O–H groups in total. The van der Waals surface area contributed by atoms with Crippen molar-refractivity contribution < 1.29 is 9.59 Å². The van der Waals surface area contributed by atoms with Crippen molar-refractivity contribution in [3.05, 3.63) is 36.0 Å². The molecule has 1 atom stereocenters. The number of likely N-dealkylation sites (tertiary alicyclic amines) is 1. The Morgan fingerprint density at radius 1 is 1.03 bits per heavy atom. The SMILES string of the molecule is CCC1CCCCN1C(=O)CN1CCN(C(=O)Cc2c[nH]c3ccccc23)CC1. The molecule has 2 saturated heterocycles. The highest BCUT2D eigenvalue weighted by Gasteiger charge is 2.28. The lowest BCUT2D eigenvalue weighted by atomic mass is 10.00. The Kier molecular flexibility index (Phi) is 6.19. The maximum atomic E-state index is 12.8. The van der Waals surface area contributed by atoms with Crippen LogP contribution in [0.4, 0.5) is 0 Å². The Hall–Kier alpha value is -2.34. The van der Waals surface area contributed by atoms with Crippen LogP contribution < -0.4 is 0 Å². The highest BCUT2D eigenvalue weighted by molar-refractivity contribution is 5.89. The first-order valence-corrected chi connectivity index (χ1v) is 11.0. The second kappa shape index (κ2) is 8.99. The molecule has 2 aromatic rings. The first-order chi connectivity index (χ1) is 14.2. The Balaban J connectivity index is 1.27. The number of H-pyrrole nitrogens is 1. The second-order valence-electron chi connectivity index (χ2n) is 8.34. The molecule has 3 heterocycles.